The van der Waals surface area contributed by atoms with E-state index in [0.29, 0.717) is 11.5 Å². The molecule has 2 amide bonds. The maximum absolute atomic E-state index is 12.2. The lowest BCUT2D eigenvalue weighted by molar-refractivity contribution is -0.114. The highest BCUT2D eigenvalue weighted by Crippen LogP contribution is 2.23. The van der Waals surface area contributed by atoms with Crippen molar-refractivity contribution >= 4 is 69.4 Å². The number of aromatic nitrogens is 4. The molecule has 4 aromatic rings. The Kier molecular flexibility index (Phi) is 8.85. The molecule has 4 rings (SSSR count). The molecule has 2 aromatic carbocycles. The van der Waals surface area contributed by atoms with E-state index < -0.39 is 0 Å². The number of aryl methyl sites for hydroxylation is 2. The summed E-state index contributed by atoms with van der Waals surface area (Å²) in [6, 6.07) is 15.6. The third kappa shape index (κ3) is 8.13. The van der Waals surface area contributed by atoms with E-state index in [9.17, 15) is 9.59 Å². The summed E-state index contributed by atoms with van der Waals surface area (Å²) in [6.07, 6.45) is 0.751. The molecule has 0 saturated heterocycles. The van der Waals surface area contributed by atoms with Crippen LogP contribution in [-0.4, -0.2) is 43.7 Å². The molecule has 180 valence electrons. The molecule has 0 radical (unpaired) electrons. The van der Waals surface area contributed by atoms with E-state index in [1.54, 1.807) is 0 Å². The molecule has 0 aliphatic rings. The van der Waals surface area contributed by atoms with E-state index in [1.807, 2.05) is 62.4 Å². The zero-order valence-electron chi connectivity index (χ0n) is 19.0. The molecule has 0 aliphatic carbocycles. The third-order valence-corrected chi connectivity index (χ3v) is 8.50. The quantitative estimate of drug-likeness (QED) is 0.268. The van der Waals surface area contributed by atoms with Crippen molar-refractivity contribution in [2.45, 2.75) is 28.9 Å². The third-order valence-electron chi connectivity index (χ3n) is 4.55. The summed E-state index contributed by atoms with van der Waals surface area (Å²) in [4.78, 5) is 24.4. The molecule has 35 heavy (non-hydrogen) atoms. The molecule has 0 unspecified atom stereocenters. The molecular formula is C23H22N6O2S4. The zero-order valence-corrected chi connectivity index (χ0v) is 22.2. The number of carbonyl (C=O) groups excluding carboxylic acids is 2. The number of anilines is 2. The monoisotopic (exact) mass is 542 g/mol. The van der Waals surface area contributed by atoms with Crippen molar-refractivity contribution in [2.24, 2.45) is 0 Å². The van der Waals surface area contributed by atoms with E-state index in [4.69, 9.17) is 0 Å². The van der Waals surface area contributed by atoms with Crippen LogP contribution in [0, 0.1) is 13.8 Å². The van der Waals surface area contributed by atoms with Crippen LogP contribution in [0.25, 0.3) is 0 Å². The number of amides is 2. The summed E-state index contributed by atoms with van der Waals surface area (Å²) in [7, 11) is 0. The van der Waals surface area contributed by atoms with E-state index in [1.165, 1.54) is 46.2 Å². The van der Waals surface area contributed by atoms with Crippen LogP contribution in [0.5, 0.6) is 0 Å². The van der Waals surface area contributed by atoms with Gasteiger partial charge >= 0.3 is 0 Å². The van der Waals surface area contributed by atoms with Gasteiger partial charge < -0.3 is 10.6 Å². The van der Waals surface area contributed by atoms with Gasteiger partial charge in [-0.15, -0.1) is 20.4 Å². The minimum atomic E-state index is -0.0786. The summed E-state index contributed by atoms with van der Waals surface area (Å²) in [5, 5.41) is 23.5. The van der Waals surface area contributed by atoms with Gasteiger partial charge in [0.05, 0.1) is 11.5 Å². The Morgan fingerprint density at radius 1 is 0.686 bits per heavy atom. The average molecular weight is 543 g/mol. The maximum Gasteiger partial charge on any atom is 0.234 e. The zero-order chi connectivity index (χ0) is 24.6. The summed E-state index contributed by atoms with van der Waals surface area (Å²) in [5.74, 6) is 0.426. The maximum atomic E-state index is 12.2. The first kappa shape index (κ1) is 25.3. The summed E-state index contributed by atoms with van der Waals surface area (Å²) in [5.41, 5.74) is 3.77. The Bertz CT molecular complexity index is 1190. The van der Waals surface area contributed by atoms with Crippen molar-refractivity contribution in [3.63, 3.8) is 0 Å². The minimum absolute atomic E-state index is 0.0786. The second kappa shape index (κ2) is 12.2. The second-order valence-electron chi connectivity index (χ2n) is 7.42. The molecule has 0 bridgehead atoms. The van der Waals surface area contributed by atoms with Crippen molar-refractivity contribution in [1.29, 1.82) is 0 Å². The van der Waals surface area contributed by atoms with Gasteiger partial charge in [-0.2, -0.15) is 0 Å². The number of hydrogen-bond acceptors (Lipinski definition) is 10. The first-order valence-corrected chi connectivity index (χ1v) is 14.2. The number of nitrogens with one attached hydrogen (secondary N) is 2. The van der Waals surface area contributed by atoms with Gasteiger partial charge in [-0.3, -0.25) is 9.59 Å². The number of carbonyl (C=O) groups is 2. The molecule has 0 saturated carbocycles. The van der Waals surface area contributed by atoms with Crippen molar-refractivity contribution in [3.05, 3.63) is 69.7 Å². The Morgan fingerprint density at radius 3 is 1.43 bits per heavy atom. The van der Waals surface area contributed by atoms with Gasteiger partial charge in [0.25, 0.3) is 0 Å². The molecule has 0 atom stereocenters. The Balaban J connectivity index is 1.21. The number of thioether (sulfide) groups is 2. The summed E-state index contributed by atoms with van der Waals surface area (Å²) >= 11 is 5.72. The molecule has 0 spiro atoms. The highest BCUT2D eigenvalue weighted by molar-refractivity contribution is 8.01. The first-order valence-electron chi connectivity index (χ1n) is 10.6. The van der Waals surface area contributed by atoms with Crippen LogP contribution < -0.4 is 10.6 Å². The Morgan fingerprint density at radius 2 is 1.09 bits per heavy atom. The van der Waals surface area contributed by atoms with Crippen molar-refractivity contribution in [2.75, 3.05) is 22.1 Å². The fourth-order valence-corrected chi connectivity index (χ4v) is 6.20. The normalized spacial score (nSPS) is 10.8. The lowest BCUT2D eigenvalue weighted by Gasteiger charge is -2.08. The summed E-state index contributed by atoms with van der Waals surface area (Å²) in [6.45, 7) is 3.78. The predicted molar refractivity (Wildman–Crippen MR) is 144 cm³/mol. The lowest BCUT2D eigenvalue weighted by atomic mass is 10.0. The van der Waals surface area contributed by atoms with Crippen LogP contribution in [0.15, 0.2) is 57.2 Å². The van der Waals surface area contributed by atoms with Crippen molar-refractivity contribution in [1.82, 2.24) is 20.4 Å². The minimum Gasteiger partial charge on any atom is -0.325 e. The topological polar surface area (TPSA) is 110 Å². The molecule has 2 aromatic heterocycles. The Labute approximate surface area is 219 Å². The van der Waals surface area contributed by atoms with Gasteiger partial charge in [-0.1, -0.05) is 70.5 Å². The number of hydrogen-bond donors (Lipinski definition) is 2. The smallest absolute Gasteiger partial charge is 0.234 e. The van der Waals surface area contributed by atoms with E-state index in [0.717, 1.165) is 47.6 Å². The second-order valence-corrected chi connectivity index (χ2v) is 12.2. The molecule has 2 heterocycles. The fraction of sp³-hybridized carbons (Fsp3) is 0.217. The van der Waals surface area contributed by atoms with Crippen LogP contribution in [0.1, 0.15) is 21.1 Å². The first-order chi connectivity index (χ1) is 16.9. The van der Waals surface area contributed by atoms with Gasteiger partial charge in [-0.05, 0) is 55.7 Å². The van der Waals surface area contributed by atoms with Crippen LogP contribution in [0.4, 0.5) is 11.4 Å². The van der Waals surface area contributed by atoms with Gasteiger partial charge in [0.1, 0.15) is 10.0 Å². The number of benzene rings is 2. The van der Waals surface area contributed by atoms with Gasteiger partial charge in [-0.25, -0.2) is 0 Å². The molecule has 8 nitrogen and oxygen atoms in total. The molecular weight excluding hydrogens is 521 g/mol. The van der Waals surface area contributed by atoms with Gasteiger partial charge in [0, 0.05) is 11.4 Å². The summed E-state index contributed by atoms with van der Waals surface area (Å²) < 4.78 is 1.58. The number of nitrogens with zero attached hydrogens (tertiary/aromatic N) is 4. The van der Waals surface area contributed by atoms with Crippen LogP contribution >= 0.6 is 46.2 Å². The van der Waals surface area contributed by atoms with E-state index in [2.05, 4.69) is 31.0 Å². The fourth-order valence-electron chi connectivity index (χ4n) is 2.97. The van der Waals surface area contributed by atoms with E-state index >= 15 is 0 Å². The molecule has 2 N–H and O–H groups in total. The predicted octanol–water partition coefficient (Wildman–Crippen LogP) is 5.06. The van der Waals surface area contributed by atoms with Crippen LogP contribution in [-0.2, 0) is 16.0 Å². The standard InChI is InChI=1S/C23H22N6O2S4/c1-14-26-28-22(34-14)32-12-20(30)24-18-7-3-16(4-8-18)11-17-5-9-19(10-6-17)25-21(31)13-33-23-29-27-15(2)35-23/h3-10H,11-13H2,1-2H3,(H,24,30)(H,25,31). The van der Waals surface area contributed by atoms with Gasteiger partial charge in [0.15, 0.2) is 8.68 Å². The number of rotatable bonds is 10. The molecule has 0 fully saturated rings. The molecule has 0 aliphatic heterocycles. The van der Waals surface area contributed by atoms with Crippen molar-refractivity contribution in [3.8, 4) is 0 Å². The van der Waals surface area contributed by atoms with Gasteiger partial charge in [0.2, 0.25) is 11.8 Å². The van der Waals surface area contributed by atoms with E-state index in [-0.39, 0.29) is 11.8 Å². The lowest BCUT2D eigenvalue weighted by Crippen LogP contribution is -2.14. The average Bonchev–Trinajstić information content (AvgIpc) is 3.46. The van der Waals surface area contributed by atoms with Crippen LogP contribution in [0.3, 0.4) is 0 Å². The molecule has 12 heteroatoms. The van der Waals surface area contributed by atoms with Crippen LogP contribution in [0.2, 0.25) is 0 Å². The SMILES string of the molecule is Cc1nnc(SCC(=O)Nc2ccc(Cc3ccc(NC(=O)CSc4nnc(C)s4)cc3)cc2)s1. The highest BCUT2D eigenvalue weighted by atomic mass is 32.2. The van der Waals surface area contributed by atoms with Crippen molar-refractivity contribution < 1.29 is 9.59 Å². The largest absolute Gasteiger partial charge is 0.325 e. The Hall–Kier alpha value is -2.80. The highest BCUT2D eigenvalue weighted by Gasteiger charge is 2.09.